The van der Waals surface area contributed by atoms with E-state index in [4.69, 9.17) is 16.7 Å². The molecule has 4 heterocycles. The molecule has 0 unspecified atom stereocenters. The van der Waals surface area contributed by atoms with E-state index in [-0.39, 0.29) is 17.3 Å². The molecule has 0 amide bonds. The van der Waals surface area contributed by atoms with Crippen molar-refractivity contribution in [3.05, 3.63) is 79.7 Å². The number of aromatic nitrogens is 6. The summed E-state index contributed by atoms with van der Waals surface area (Å²) in [6, 6.07) is 11.4. The minimum Gasteiger partial charge on any atom is -0.348 e. The monoisotopic (exact) mass is 525 g/mol. The highest BCUT2D eigenvalue weighted by atomic mass is 35.5. The second kappa shape index (κ2) is 8.43. The Balaban J connectivity index is 1.54. The first-order valence-electron chi connectivity index (χ1n) is 12.8. The van der Waals surface area contributed by atoms with Crippen LogP contribution in [0, 0.1) is 17.2 Å². The van der Waals surface area contributed by atoms with E-state index >= 15 is 0 Å². The molecule has 5 aromatic rings. The predicted octanol–water partition coefficient (Wildman–Crippen LogP) is 4.23. The number of nitriles is 1. The first kappa shape index (κ1) is 23.0. The van der Waals surface area contributed by atoms with Crippen LogP contribution >= 0.6 is 11.6 Å². The van der Waals surface area contributed by atoms with E-state index in [1.165, 1.54) is 4.57 Å². The van der Waals surface area contributed by atoms with Crippen LogP contribution in [0.15, 0.2) is 52.3 Å². The number of aryl methyl sites for hydroxylation is 1. The molecule has 2 fully saturated rings. The summed E-state index contributed by atoms with van der Waals surface area (Å²) in [5.74, 6) is 0.418. The van der Waals surface area contributed by atoms with Gasteiger partial charge in [0.25, 0.3) is 5.56 Å². The van der Waals surface area contributed by atoms with Crippen molar-refractivity contribution in [1.29, 1.82) is 5.26 Å². The maximum atomic E-state index is 14.0. The van der Waals surface area contributed by atoms with Gasteiger partial charge in [0.2, 0.25) is 0 Å². The summed E-state index contributed by atoms with van der Waals surface area (Å²) in [5.41, 5.74) is 3.31. The first-order chi connectivity index (χ1) is 18.4. The minimum atomic E-state index is -0.317. The molecule has 0 N–H and O–H groups in total. The maximum Gasteiger partial charge on any atom is 0.332 e. The van der Waals surface area contributed by atoms with Crippen molar-refractivity contribution in [2.24, 2.45) is 13.0 Å². The molecule has 4 aromatic heterocycles. The Morgan fingerprint density at radius 1 is 1.13 bits per heavy atom. The molecule has 0 aliphatic heterocycles. The standard InChI is InChI=1S/C28H24ClN7O2/c1-33-13-17(12-30)10-23(33)25-24-26(34(14-16-2-3-16)28(38)36(27(24)37)20-5-6-20)32-35(25)15-18-8-9-31-22-7-4-19(29)11-21(18)22/h4,7-11,13,16,20H,2-3,5-6,14-15H2,1H3. The summed E-state index contributed by atoms with van der Waals surface area (Å²) in [7, 11) is 1.85. The molecule has 7 rings (SSSR count). The van der Waals surface area contributed by atoms with Crippen LogP contribution in [0.1, 0.15) is 42.9 Å². The number of fused-ring (bicyclic) bond motifs is 2. The van der Waals surface area contributed by atoms with Crippen molar-refractivity contribution in [2.45, 2.75) is 44.8 Å². The Morgan fingerprint density at radius 2 is 1.95 bits per heavy atom. The zero-order valence-corrected chi connectivity index (χ0v) is 21.5. The number of hydrogen-bond donors (Lipinski definition) is 0. The molecule has 0 spiro atoms. The molecule has 0 bridgehead atoms. The molecule has 0 saturated heterocycles. The molecule has 9 nitrogen and oxygen atoms in total. The SMILES string of the molecule is Cn1cc(C#N)cc1-c1c2c(=O)n(C3CC3)c(=O)n(CC3CC3)c2nn1Cc1ccnc2ccc(Cl)cc12. The van der Waals surface area contributed by atoms with Crippen molar-refractivity contribution in [3.63, 3.8) is 0 Å². The quantitative estimate of drug-likeness (QED) is 0.330. The predicted molar refractivity (Wildman–Crippen MR) is 144 cm³/mol. The topological polar surface area (TPSA) is 103 Å². The molecule has 10 heteroatoms. The van der Waals surface area contributed by atoms with Crippen LogP contribution in [0.4, 0.5) is 0 Å². The number of nitrogens with zero attached hydrogens (tertiary/aromatic N) is 7. The van der Waals surface area contributed by atoms with Crippen LogP contribution in [-0.2, 0) is 20.1 Å². The van der Waals surface area contributed by atoms with Gasteiger partial charge in [-0.05, 0) is 67.5 Å². The highest BCUT2D eigenvalue weighted by Crippen LogP contribution is 2.36. The van der Waals surface area contributed by atoms with Gasteiger partial charge in [0.15, 0.2) is 5.65 Å². The summed E-state index contributed by atoms with van der Waals surface area (Å²) in [5, 5.41) is 16.4. The van der Waals surface area contributed by atoms with Gasteiger partial charge in [-0.1, -0.05) is 11.6 Å². The lowest BCUT2D eigenvalue weighted by Crippen LogP contribution is -2.40. The summed E-state index contributed by atoms with van der Waals surface area (Å²) in [6.45, 7) is 0.875. The van der Waals surface area contributed by atoms with Crippen LogP contribution in [0.3, 0.4) is 0 Å². The second-order valence-corrected chi connectivity index (χ2v) is 10.9. The Kier molecular flexibility index (Phi) is 5.10. The molecule has 0 atom stereocenters. The Bertz CT molecular complexity index is 1930. The highest BCUT2D eigenvalue weighted by Gasteiger charge is 2.33. The van der Waals surface area contributed by atoms with Gasteiger partial charge in [0, 0.05) is 42.4 Å². The van der Waals surface area contributed by atoms with Gasteiger partial charge in [-0.3, -0.25) is 23.6 Å². The maximum absolute atomic E-state index is 14.0. The highest BCUT2D eigenvalue weighted by molar-refractivity contribution is 6.31. The number of hydrogen-bond acceptors (Lipinski definition) is 5. The van der Waals surface area contributed by atoms with Crippen molar-refractivity contribution in [1.82, 2.24) is 28.5 Å². The van der Waals surface area contributed by atoms with Crippen LogP contribution in [0.5, 0.6) is 0 Å². The smallest absolute Gasteiger partial charge is 0.332 e. The van der Waals surface area contributed by atoms with E-state index < -0.39 is 0 Å². The number of pyridine rings is 1. The Labute approximate surface area is 222 Å². The van der Waals surface area contributed by atoms with Gasteiger partial charge >= 0.3 is 5.69 Å². The second-order valence-electron chi connectivity index (χ2n) is 10.4. The fourth-order valence-electron chi connectivity index (χ4n) is 5.35. The molecular weight excluding hydrogens is 502 g/mol. The van der Waals surface area contributed by atoms with Gasteiger partial charge in [0.1, 0.15) is 17.1 Å². The molecule has 2 aliphatic carbocycles. The lowest BCUT2D eigenvalue weighted by atomic mass is 10.1. The lowest BCUT2D eigenvalue weighted by Gasteiger charge is -2.12. The Hall–Kier alpha value is -4.16. The largest absolute Gasteiger partial charge is 0.348 e. The van der Waals surface area contributed by atoms with Crippen LogP contribution in [0.2, 0.25) is 5.02 Å². The third-order valence-corrected chi connectivity index (χ3v) is 7.83. The lowest BCUT2D eigenvalue weighted by molar-refractivity contribution is 0.546. The van der Waals surface area contributed by atoms with E-state index in [9.17, 15) is 14.9 Å². The molecule has 2 aliphatic rings. The average molecular weight is 526 g/mol. The van der Waals surface area contributed by atoms with E-state index in [0.717, 1.165) is 42.1 Å². The van der Waals surface area contributed by atoms with Crippen molar-refractivity contribution in [3.8, 4) is 17.5 Å². The zero-order chi connectivity index (χ0) is 26.1. The van der Waals surface area contributed by atoms with Gasteiger partial charge in [-0.2, -0.15) is 10.4 Å². The first-order valence-corrected chi connectivity index (χ1v) is 13.2. The van der Waals surface area contributed by atoms with Crippen LogP contribution in [-0.4, -0.2) is 28.5 Å². The van der Waals surface area contributed by atoms with Crippen molar-refractivity contribution >= 4 is 33.5 Å². The summed E-state index contributed by atoms with van der Waals surface area (Å²) < 4.78 is 6.75. The molecule has 190 valence electrons. The molecule has 0 radical (unpaired) electrons. The van der Waals surface area contributed by atoms with Crippen molar-refractivity contribution < 1.29 is 0 Å². The number of halogens is 1. The number of rotatable bonds is 6. The fraction of sp³-hybridized carbons (Fsp3) is 0.321. The van der Waals surface area contributed by atoms with Crippen molar-refractivity contribution in [2.75, 3.05) is 0 Å². The normalized spacial score (nSPS) is 15.4. The third-order valence-electron chi connectivity index (χ3n) is 7.60. The van der Waals surface area contributed by atoms with E-state index in [1.807, 2.05) is 29.8 Å². The van der Waals surface area contributed by atoms with Gasteiger partial charge in [0.05, 0.1) is 23.3 Å². The Morgan fingerprint density at radius 3 is 2.66 bits per heavy atom. The van der Waals surface area contributed by atoms with E-state index in [0.29, 0.717) is 52.0 Å². The van der Waals surface area contributed by atoms with Gasteiger partial charge in [-0.15, -0.1) is 0 Å². The zero-order valence-electron chi connectivity index (χ0n) is 20.8. The van der Waals surface area contributed by atoms with Crippen LogP contribution in [0.25, 0.3) is 33.3 Å². The molecule has 2 saturated carbocycles. The molecule has 38 heavy (non-hydrogen) atoms. The summed E-state index contributed by atoms with van der Waals surface area (Å²) >= 11 is 6.32. The van der Waals surface area contributed by atoms with Gasteiger partial charge < -0.3 is 4.57 Å². The number of benzene rings is 1. The summed E-state index contributed by atoms with van der Waals surface area (Å²) in [6.07, 6.45) is 7.25. The van der Waals surface area contributed by atoms with E-state index in [1.54, 1.807) is 33.8 Å². The molecular formula is C28H24ClN7O2. The average Bonchev–Trinajstić information content (AvgIpc) is 3.83. The summed E-state index contributed by atoms with van der Waals surface area (Å²) in [4.78, 5) is 32.0. The van der Waals surface area contributed by atoms with Crippen LogP contribution < -0.4 is 11.2 Å². The minimum absolute atomic E-state index is 0.0737. The van der Waals surface area contributed by atoms with Gasteiger partial charge in [-0.25, -0.2) is 4.79 Å². The third kappa shape index (κ3) is 3.67. The fourth-order valence-corrected chi connectivity index (χ4v) is 5.52. The molecule has 1 aromatic carbocycles. The van der Waals surface area contributed by atoms with E-state index in [2.05, 4.69) is 11.1 Å².